The van der Waals surface area contributed by atoms with Crippen molar-refractivity contribution in [3.63, 3.8) is 0 Å². The Morgan fingerprint density at radius 3 is 2.40 bits per heavy atom. The highest BCUT2D eigenvalue weighted by Gasteiger charge is 2.18. The second-order valence-electron chi connectivity index (χ2n) is 6.44. The zero-order valence-corrected chi connectivity index (χ0v) is 16.6. The number of rotatable bonds is 7. The van der Waals surface area contributed by atoms with Gasteiger partial charge in [0, 0.05) is 0 Å². The van der Waals surface area contributed by atoms with Crippen LogP contribution < -0.4 is 15.0 Å². The van der Waals surface area contributed by atoms with Crippen LogP contribution in [0.1, 0.15) is 16.3 Å². The van der Waals surface area contributed by atoms with Crippen LogP contribution in [0.15, 0.2) is 94.2 Å². The van der Waals surface area contributed by atoms with E-state index < -0.39 is 15.9 Å². The first kappa shape index (κ1) is 19.7. The average Bonchev–Trinajstić information content (AvgIpc) is 3.26. The lowest BCUT2D eigenvalue weighted by Gasteiger charge is -2.08. The van der Waals surface area contributed by atoms with Crippen LogP contribution in [-0.4, -0.2) is 14.3 Å². The standard InChI is InChI=1S/C22H18N2O5S/c25-22(21-13-11-19(29-21)15-28-18-8-2-1-3-9-18)23-24-30(26,27)20-12-10-16-6-4-5-7-17(16)14-20/h1-14,24H,15H2,(H,23,25). The van der Waals surface area contributed by atoms with Gasteiger partial charge in [-0.1, -0.05) is 48.5 Å². The first-order valence-electron chi connectivity index (χ1n) is 9.09. The van der Waals surface area contributed by atoms with E-state index >= 15 is 0 Å². The number of hydrazine groups is 1. The number of carbonyl (C=O) groups excluding carboxylic acids is 1. The second-order valence-corrected chi connectivity index (χ2v) is 8.12. The minimum absolute atomic E-state index is 0.0390. The molecule has 1 amide bonds. The fourth-order valence-corrected chi connectivity index (χ4v) is 3.69. The predicted octanol–water partition coefficient (Wildman–Crippen LogP) is 3.64. The molecule has 7 nitrogen and oxygen atoms in total. The Morgan fingerprint density at radius 1 is 0.867 bits per heavy atom. The quantitative estimate of drug-likeness (QED) is 0.443. The predicted molar refractivity (Wildman–Crippen MR) is 111 cm³/mol. The summed E-state index contributed by atoms with van der Waals surface area (Å²) in [7, 11) is -3.94. The number of para-hydroxylation sites is 1. The Morgan fingerprint density at radius 2 is 1.60 bits per heavy atom. The summed E-state index contributed by atoms with van der Waals surface area (Å²) in [5, 5.41) is 1.70. The molecule has 0 saturated heterocycles. The number of nitrogens with one attached hydrogen (secondary N) is 2. The van der Waals surface area contributed by atoms with E-state index in [1.54, 1.807) is 24.3 Å². The third-order valence-corrected chi connectivity index (χ3v) is 5.59. The third kappa shape index (κ3) is 4.51. The molecule has 0 unspecified atom stereocenters. The number of benzene rings is 3. The molecule has 152 valence electrons. The van der Waals surface area contributed by atoms with Crippen molar-refractivity contribution in [3.05, 3.63) is 96.4 Å². The molecule has 1 heterocycles. The zero-order valence-electron chi connectivity index (χ0n) is 15.7. The summed E-state index contributed by atoms with van der Waals surface area (Å²) in [5.41, 5.74) is 2.16. The maximum atomic E-state index is 12.5. The van der Waals surface area contributed by atoms with Gasteiger partial charge in [0.15, 0.2) is 5.76 Å². The van der Waals surface area contributed by atoms with E-state index in [0.29, 0.717) is 11.5 Å². The molecule has 8 heteroatoms. The van der Waals surface area contributed by atoms with Gasteiger partial charge in [0.2, 0.25) is 0 Å². The van der Waals surface area contributed by atoms with Gasteiger partial charge in [0.05, 0.1) is 4.90 Å². The molecular weight excluding hydrogens is 404 g/mol. The molecular formula is C22H18N2O5S. The molecule has 0 atom stereocenters. The molecule has 3 aromatic carbocycles. The van der Waals surface area contributed by atoms with Crippen LogP contribution in [0.3, 0.4) is 0 Å². The zero-order chi connectivity index (χ0) is 21.0. The molecule has 1 aromatic heterocycles. The lowest BCUT2D eigenvalue weighted by Crippen LogP contribution is -2.41. The maximum Gasteiger partial charge on any atom is 0.301 e. The van der Waals surface area contributed by atoms with Gasteiger partial charge in [0.1, 0.15) is 18.1 Å². The largest absolute Gasteiger partial charge is 0.486 e. The first-order chi connectivity index (χ1) is 14.5. The Balaban J connectivity index is 1.38. The molecule has 0 aliphatic carbocycles. The summed E-state index contributed by atoms with van der Waals surface area (Å²) < 4.78 is 36.0. The van der Waals surface area contributed by atoms with Crippen LogP contribution in [0.25, 0.3) is 10.8 Å². The Kier molecular flexibility index (Phi) is 5.51. The van der Waals surface area contributed by atoms with Crippen molar-refractivity contribution in [2.45, 2.75) is 11.5 Å². The minimum Gasteiger partial charge on any atom is -0.486 e. The number of ether oxygens (including phenoxy) is 1. The monoisotopic (exact) mass is 422 g/mol. The number of furan rings is 1. The van der Waals surface area contributed by atoms with Gasteiger partial charge in [-0.05, 0) is 47.2 Å². The number of hydrogen-bond acceptors (Lipinski definition) is 5. The van der Waals surface area contributed by atoms with Crippen LogP contribution in [0.2, 0.25) is 0 Å². The summed E-state index contributed by atoms with van der Waals surface area (Å²) in [4.78, 5) is 14.4. The Bertz CT molecular complexity index is 1280. The van der Waals surface area contributed by atoms with Gasteiger partial charge in [0.25, 0.3) is 10.0 Å². The van der Waals surface area contributed by atoms with Gasteiger partial charge in [-0.25, -0.2) is 8.42 Å². The van der Waals surface area contributed by atoms with E-state index in [-0.39, 0.29) is 17.3 Å². The molecule has 0 aliphatic rings. The number of fused-ring (bicyclic) bond motifs is 1. The number of sulfonamides is 1. The highest BCUT2D eigenvalue weighted by molar-refractivity contribution is 7.89. The minimum atomic E-state index is -3.94. The van der Waals surface area contributed by atoms with Crippen molar-refractivity contribution in [1.29, 1.82) is 0 Å². The third-order valence-electron chi connectivity index (χ3n) is 4.34. The maximum absolute atomic E-state index is 12.5. The number of carbonyl (C=O) groups is 1. The smallest absolute Gasteiger partial charge is 0.301 e. The molecule has 4 rings (SSSR count). The molecule has 0 spiro atoms. The van der Waals surface area contributed by atoms with E-state index in [1.165, 1.54) is 18.2 Å². The van der Waals surface area contributed by atoms with Gasteiger partial charge >= 0.3 is 5.91 Å². The van der Waals surface area contributed by atoms with Crippen molar-refractivity contribution in [3.8, 4) is 5.75 Å². The molecule has 0 bridgehead atoms. The fraction of sp³-hybridized carbons (Fsp3) is 0.0455. The average molecular weight is 422 g/mol. The lowest BCUT2D eigenvalue weighted by atomic mass is 10.1. The van der Waals surface area contributed by atoms with Crippen molar-refractivity contribution < 1.29 is 22.4 Å². The molecule has 0 saturated carbocycles. The summed E-state index contributed by atoms with van der Waals surface area (Å²) in [6.45, 7) is 0.139. The van der Waals surface area contributed by atoms with E-state index in [4.69, 9.17) is 9.15 Å². The van der Waals surface area contributed by atoms with Crippen LogP contribution in [0.4, 0.5) is 0 Å². The fourth-order valence-electron chi connectivity index (χ4n) is 2.82. The second kappa shape index (κ2) is 8.40. The van der Waals surface area contributed by atoms with Crippen LogP contribution in [0.5, 0.6) is 5.75 Å². The highest BCUT2D eigenvalue weighted by Crippen LogP contribution is 2.19. The molecule has 0 aliphatic heterocycles. The Labute approximate surface area is 173 Å². The van der Waals surface area contributed by atoms with E-state index in [1.807, 2.05) is 42.5 Å². The van der Waals surface area contributed by atoms with E-state index in [0.717, 1.165) is 10.8 Å². The van der Waals surface area contributed by atoms with Crippen LogP contribution >= 0.6 is 0 Å². The molecule has 0 radical (unpaired) electrons. The first-order valence-corrected chi connectivity index (χ1v) is 10.6. The normalized spacial score (nSPS) is 11.3. The van der Waals surface area contributed by atoms with Gasteiger partial charge < -0.3 is 9.15 Å². The van der Waals surface area contributed by atoms with E-state index in [9.17, 15) is 13.2 Å². The molecule has 0 fully saturated rings. The number of amides is 1. The van der Waals surface area contributed by atoms with Crippen molar-refractivity contribution in [2.75, 3.05) is 0 Å². The van der Waals surface area contributed by atoms with Gasteiger partial charge in [-0.15, -0.1) is 4.83 Å². The van der Waals surface area contributed by atoms with Gasteiger partial charge in [-0.3, -0.25) is 10.2 Å². The lowest BCUT2D eigenvalue weighted by molar-refractivity contribution is 0.0913. The summed E-state index contributed by atoms with van der Waals surface area (Å²) in [6, 6.07) is 24.3. The van der Waals surface area contributed by atoms with Gasteiger partial charge in [-0.2, -0.15) is 0 Å². The van der Waals surface area contributed by atoms with Crippen LogP contribution in [0, 0.1) is 0 Å². The highest BCUT2D eigenvalue weighted by atomic mass is 32.2. The summed E-state index contributed by atoms with van der Waals surface area (Å²) in [6.07, 6.45) is 0. The van der Waals surface area contributed by atoms with E-state index in [2.05, 4.69) is 10.3 Å². The summed E-state index contributed by atoms with van der Waals surface area (Å²) >= 11 is 0. The van der Waals surface area contributed by atoms with Crippen molar-refractivity contribution in [2.24, 2.45) is 0 Å². The van der Waals surface area contributed by atoms with Crippen molar-refractivity contribution in [1.82, 2.24) is 10.3 Å². The molecule has 2 N–H and O–H groups in total. The SMILES string of the molecule is O=C(NNS(=O)(=O)c1ccc2ccccc2c1)c1ccc(COc2ccccc2)o1. The molecule has 4 aromatic rings. The number of hydrogen-bond donors (Lipinski definition) is 2. The summed E-state index contributed by atoms with van der Waals surface area (Å²) in [5.74, 6) is 0.345. The van der Waals surface area contributed by atoms with Crippen LogP contribution in [-0.2, 0) is 16.6 Å². The topological polar surface area (TPSA) is 97.6 Å². The molecule has 30 heavy (non-hydrogen) atoms. The van der Waals surface area contributed by atoms with Crippen molar-refractivity contribution >= 4 is 26.7 Å². The Hall–Kier alpha value is -3.62.